The Bertz CT molecular complexity index is 3670. The van der Waals surface area contributed by atoms with E-state index in [1.807, 2.05) is 36.4 Å². The van der Waals surface area contributed by atoms with Crippen molar-refractivity contribution in [1.82, 2.24) is 15.0 Å². The van der Waals surface area contributed by atoms with Crippen LogP contribution >= 0.6 is 0 Å². The number of aromatic nitrogens is 3. The minimum Gasteiger partial charge on any atom is -0.208 e. The average Bonchev–Trinajstić information content (AvgIpc) is 3.38. The second kappa shape index (κ2) is 15.7. The predicted octanol–water partition coefficient (Wildman–Crippen LogP) is 16.2. The Morgan fingerprint density at radius 1 is 0.203 bits per heavy atom. The van der Waals surface area contributed by atoms with E-state index in [4.69, 9.17) is 15.0 Å². The van der Waals surface area contributed by atoms with Crippen molar-refractivity contribution >= 4 is 43.1 Å². The van der Waals surface area contributed by atoms with Crippen molar-refractivity contribution in [3.05, 3.63) is 237 Å². The third kappa shape index (κ3) is 6.68. The molecule has 0 N–H and O–H groups in total. The zero-order valence-corrected chi connectivity index (χ0v) is 34.9. The number of nitrogens with zero attached hydrogens (tertiary/aromatic N) is 3. The number of hydrogen-bond donors (Lipinski definition) is 0. The lowest BCUT2D eigenvalue weighted by atomic mass is 9.86. The normalized spacial score (nSPS) is 11.4. The van der Waals surface area contributed by atoms with E-state index in [0.29, 0.717) is 17.5 Å². The average molecular weight is 814 g/mol. The first-order valence-electron chi connectivity index (χ1n) is 21.8. The van der Waals surface area contributed by atoms with Crippen molar-refractivity contribution in [2.75, 3.05) is 0 Å². The Hall–Kier alpha value is -8.53. The molecule has 1 heterocycles. The summed E-state index contributed by atoms with van der Waals surface area (Å²) >= 11 is 0. The van der Waals surface area contributed by atoms with Crippen LogP contribution in [0.5, 0.6) is 0 Å². The molecule has 0 fully saturated rings. The van der Waals surface area contributed by atoms with Crippen molar-refractivity contribution < 1.29 is 0 Å². The number of fused-ring (bicyclic) bond motifs is 5. The van der Waals surface area contributed by atoms with Crippen LogP contribution in [0.2, 0.25) is 0 Å². The van der Waals surface area contributed by atoms with Gasteiger partial charge in [0.05, 0.1) is 0 Å². The van der Waals surface area contributed by atoms with Gasteiger partial charge in [-0.15, -0.1) is 0 Å². The van der Waals surface area contributed by atoms with Crippen molar-refractivity contribution in [3.63, 3.8) is 0 Å². The Morgan fingerprint density at radius 3 is 1.17 bits per heavy atom. The van der Waals surface area contributed by atoms with E-state index in [-0.39, 0.29) is 0 Å². The van der Waals surface area contributed by atoms with Gasteiger partial charge in [0.15, 0.2) is 17.5 Å². The van der Waals surface area contributed by atoms with E-state index in [0.717, 1.165) is 33.4 Å². The molecule has 1 aromatic heterocycles. The van der Waals surface area contributed by atoms with Gasteiger partial charge in [0.25, 0.3) is 0 Å². The van der Waals surface area contributed by atoms with Crippen LogP contribution < -0.4 is 0 Å². The molecule has 64 heavy (non-hydrogen) atoms. The third-order valence-electron chi connectivity index (χ3n) is 12.6. The number of benzene rings is 11. The third-order valence-corrected chi connectivity index (χ3v) is 12.6. The summed E-state index contributed by atoms with van der Waals surface area (Å²) in [6.07, 6.45) is 0. The summed E-state index contributed by atoms with van der Waals surface area (Å²) in [6.45, 7) is 0. The van der Waals surface area contributed by atoms with Gasteiger partial charge in [0.1, 0.15) is 0 Å². The molecule has 3 heteroatoms. The van der Waals surface area contributed by atoms with Gasteiger partial charge in [0, 0.05) is 16.7 Å². The van der Waals surface area contributed by atoms with E-state index in [9.17, 15) is 0 Å². The highest BCUT2D eigenvalue weighted by molar-refractivity contribution is 6.23. The highest BCUT2D eigenvalue weighted by Gasteiger charge is 2.17. The molecule has 12 rings (SSSR count). The van der Waals surface area contributed by atoms with Crippen molar-refractivity contribution in [3.8, 4) is 78.7 Å². The Labute approximate surface area is 371 Å². The molecule has 12 aromatic rings. The van der Waals surface area contributed by atoms with Gasteiger partial charge in [-0.3, -0.25) is 0 Å². The van der Waals surface area contributed by atoms with Crippen molar-refractivity contribution in [2.45, 2.75) is 0 Å². The topological polar surface area (TPSA) is 38.7 Å². The fourth-order valence-electron chi connectivity index (χ4n) is 9.33. The van der Waals surface area contributed by atoms with Crippen LogP contribution in [0.25, 0.3) is 122 Å². The zero-order chi connectivity index (χ0) is 42.4. The van der Waals surface area contributed by atoms with Gasteiger partial charge in [-0.25, -0.2) is 15.0 Å². The summed E-state index contributed by atoms with van der Waals surface area (Å²) in [7, 11) is 0. The number of rotatable bonds is 7. The molecule has 0 atom stereocenters. The van der Waals surface area contributed by atoms with E-state index in [1.54, 1.807) is 0 Å². The highest BCUT2D eigenvalue weighted by Crippen LogP contribution is 2.44. The Morgan fingerprint density at radius 2 is 0.594 bits per heavy atom. The standard InChI is InChI=1S/C61H39N3/c1-3-13-40(14-4-1)41-25-31-47(32-26-41)60-62-59(46-16-5-2-6-17-46)63-61(64-60)48-33-27-43(28-34-48)42-23-29-45(30-24-42)51-37-38-55(54-22-12-11-21-53(51)54)58-52-20-10-8-18-49(52)39-57-50-19-9-7-15-44(50)35-36-56(57)58/h1-39H. The second-order valence-corrected chi connectivity index (χ2v) is 16.3. The summed E-state index contributed by atoms with van der Waals surface area (Å²) < 4.78 is 0. The predicted molar refractivity (Wildman–Crippen MR) is 268 cm³/mol. The van der Waals surface area contributed by atoms with Gasteiger partial charge in [-0.1, -0.05) is 231 Å². The van der Waals surface area contributed by atoms with Crippen LogP contribution in [0.15, 0.2) is 237 Å². The van der Waals surface area contributed by atoms with Crippen LogP contribution in [0.4, 0.5) is 0 Å². The summed E-state index contributed by atoms with van der Waals surface area (Å²) in [6, 6.07) is 84.4. The summed E-state index contributed by atoms with van der Waals surface area (Å²) in [4.78, 5) is 15.0. The van der Waals surface area contributed by atoms with E-state index < -0.39 is 0 Å². The molecule has 0 aliphatic rings. The fraction of sp³-hybridized carbons (Fsp3) is 0. The highest BCUT2D eigenvalue weighted by atomic mass is 15.0. The van der Waals surface area contributed by atoms with E-state index >= 15 is 0 Å². The Balaban J connectivity index is 0.880. The van der Waals surface area contributed by atoms with Crippen LogP contribution in [-0.2, 0) is 0 Å². The molecule has 0 amide bonds. The van der Waals surface area contributed by atoms with E-state index in [2.05, 4.69) is 200 Å². The monoisotopic (exact) mass is 813 g/mol. The van der Waals surface area contributed by atoms with Gasteiger partial charge >= 0.3 is 0 Å². The molecule has 0 unspecified atom stereocenters. The lowest BCUT2D eigenvalue weighted by molar-refractivity contribution is 1.07. The maximum absolute atomic E-state index is 5.02. The molecule has 0 saturated heterocycles. The largest absolute Gasteiger partial charge is 0.208 e. The smallest absolute Gasteiger partial charge is 0.164 e. The summed E-state index contributed by atoms with van der Waals surface area (Å²) in [5, 5.41) is 10.1. The van der Waals surface area contributed by atoms with Crippen molar-refractivity contribution in [2.24, 2.45) is 0 Å². The molecule has 3 nitrogen and oxygen atoms in total. The van der Waals surface area contributed by atoms with Gasteiger partial charge in [-0.05, 0) is 93.7 Å². The van der Waals surface area contributed by atoms with Gasteiger partial charge in [0.2, 0.25) is 0 Å². The minimum atomic E-state index is 0.637. The van der Waals surface area contributed by atoms with Gasteiger partial charge in [-0.2, -0.15) is 0 Å². The minimum absolute atomic E-state index is 0.637. The van der Waals surface area contributed by atoms with E-state index in [1.165, 1.54) is 70.9 Å². The second-order valence-electron chi connectivity index (χ2n) is 16.3. The molecule has 0 aliphatic heterocycles. The van der Waals surface area contributed by atoms with Crippen LogP contribution in [-0.4, -0.2) is 15.0 Å². The maximum Gasteiger partial charge on any atom is 0.164 e. The van der Waals surface area contributed by atoms with Crippen LogP contribution in [0.3, 0.4) is 0 Å². The van der Waals surface area contributed by atoms with Crippen molar-refractivity contribution in [1.29, 1.82) is 0 Å². The molecule has 11 aromatic carbocycles. The lowest BCUT2D eigenvalue weighted by Gasteiger charge is -2.17. The summed E-state index contributed by atoms with van der Waals surface area (Å²) in [5.74, 6) is 1.92. The molecular formula is C61H39N3. The molecular weight excluding hydrogens is 775 g/mol. The molecule has 0 radical (unpaired) electrons. The molecule has 0 aliphatic carbocycles. The lowest BCUT2D eigenvalue weighted by Crippen LogP contribution is -2.00. The van der Waals surface area contributed by atoms with Crippen LogP contribution in [0.1, 0.15) is 0 Å². The SMILES string of the molecule is c1ccc(-c2ccc(-c3nc(-c4ccccc4)nc(-c4ccc(-c5ccc(-c6ccc(-c7c8ccccc8cc8c7ccc7ccccc78)c7ccccc67)cc5)cc4)n3)cc2)cc1. The first-order valence-corrected chi connectivity index (χ1v) is 21.8. The molecule has 298 valence electrons. The van der Waals surface area contributed by atoms with Crippen LogP contribution in [0, 0.1) is 0 Å². The van der Waals surface area contributed by atoms with Gasteiger partial charge < -0.3 is 0 Å². The zero-order valence-electron chi connectivity index (χ0n) is 34.9. The molecule has 0 spiro atoms. The number of hydrogen-bond acceptors (Lipinski definition) is 3. The maximum atomic E-state index is 5.02. The first kappa shape index (κ1) is 37.2. The fourth-order valence-corrected chi connectivity index (χ4v) is 9.33. The molecule has 0 saturated carbocycles. The Kier molecular flexibility index (Phi) is 9.16. The molecule has 0 bridgehead atoms. The summed E-state index contributed by atoms with van der Waals surface area (Å²) in [5.41, 5.74) is 12.3. The first-order chi connectivity index (χ1) is 31.7. The quantitative estimate of drug-likeness (QED) is 0.119.